The van der Waals surface area contributed by atoms with Gasteiger partial charge in [-0.1, -0.05) is 48.7 Å². The lowest BCUT2D eigenvalue weighted by atomic mass is 9.78. The summed E-state index contributed by atoms with van der Waals surface area (Å²) < 4.78 is 0. The number of rotatable bonds is 6. The van der Waals surface area contributed by atoms with E-state index in [1.165, 1.54) is 0 Å². The first-order chi connectivity index (χ1) is 12.5. The molecule has 1 saturated carbocycles. The lowest BCUT2D eigenvalue weighted by molar-refractivity contribution is -0.127. The number of amides is 1. The van der Waals surface area contributed by atoms with Crippen molar-refractivity contribution in [1.29, 1.82) is 0 Å². The van der Waals surface area contributed by atoms with E-state index in [2.05, 4.69) is 5.32 Å². The van der Waals surface area contributed by atoms with Crippen molar-refractivity contribution in [2.24, 2.45) is 0 Å². The van der Waals surface area contributed by atoms with Crippen LogP contribution in [0.2, 0.25) is 5.02 Å². The van der Waals surface area contributed by atoms with E-state index >= 15 is 0 Å². The van der Waals surface area contributed by atoms with Crippen LogP contribution in [0.1, 0.15) is 42.9 Å². The highest BCUT2D eigenvalue weighted by atomic mass is 35.5. The average molecular weight is 390 g/mol. The van der Waals surface area contributed by atoms with Crippen molar-refractivity contribution in [2.75, 3.05) is 12.8 Å². The van der Waals surface area contributed by atoms with Crippen molar-refractivity contribution in [3.63, 3.8) is 0 Å². The van der Waals surface area contributed by atoms with Gasteiger partial charge in [-0.2, -0.15) is 0 Å². The zero-order chi connectivity index (χ0) is 18.6. The predicted octanol–water partition coefficient (Wildman–Crippen LogP) is 4.72. The minimum atomic E-state index is -0.710. The third kappa shape index (κ3) is 4.08. The predicted molar refractivity (Wildman–Crippen MR) is 108 cm³/mol. The van der Waals surface area contributed by atoms with E-state index in [0.717, 1.165) is 41.7 Å². The highest BCUT2D eigenvalue weighted by Gasteiger charge is 2.42. The van der Waals surface area contributed by atoms with Crippen molar-refractivity contribution in [2.45, 2.75) is 42.1 Å². The number of aliphatic hydroxyl groups excluding tert-OH is 1. The summed E-state index contributed by atoms with van der Waals surface area (Å²) in [6.45, 7) is 0.215. The molecule has 1 unspecified atom stereocenters. The smallest absolute Gasteiger partial charge is 0.230 e. The summed E-state index contributed by atoms with van der Waals surface area (Å²) in [5.41, 5.74) is 1.32. The summed E-state index contributed by atoms with van der Waals surface area (Å²) in [6, 6.07) is 15.4. The Balaban J connectivity index is 1.69. The van der Waals surface area contributed by atoms with E-state index in [1.54, 1.807) is 11.8 Å². The van der Waals surface area contributed by atoms with Gasteiger partial charge in [0.05, 0.1) is 11.5 Å². The molecule has 2 aromatic carbocycles. The maximum atomic E-state index is 13.0. The number of halogens is 1. The molecule has 1 aliphatic rings. The van der Waals surface area contributed by atoms with Gasteiger partial charge in [0.2, 0.25) is 5.91 Å². The zero-order valence-corrected chi connectivity index (χ0v) is 16.4. The quantitative estimate of drug-likeness (QED) is 0.702. The molecule has 1 atom stereocenters. The SMILES string of the molecule is CSc1ccc(C(O)CNC(=O)C2(c3ccc(Cl)cc3)CCCC2)cc1. The maximum absolute atomic E-state index is 13.0. The largest absolute Gasteiger partial charge is 0.387 e. The number of thioether (sulfide) groups is 1. The average Bonchev–Trinajstić information content (AvgIpc) is 3.17. The molecular weight excluding hydrogens is 366 g/mol. The van der Waals surface area contributed by atoms with E-state index in [-0.39, 0.29) is 12.5 Å². The Morgan fingerprint density at radius 3 is 2.35 bits per heavy atom. The van der Waals surface area contributed by atoms with Crippen molar-refractivity contribution < 1.29 is 9.90 Å². The number of carbonyl (C=O) groups is 1. The molecular formula is C21H24ClNO2S. The Kier molecular flexibility index (Phi) is 6.28. The van der Waals surface area contributed by atoms with Crippen LogP contribution in [0.15, 0.2) is 53.4 Å². The van der Waals surface area contributed by atoms with Crippen molar-refractivity contribution in [3.05, 3.63) is 64.7 Å². The first kappa shape index (κ1) is 19.3. The number of nitrogens with one attached hydrogen (secondary N) is 1. The van der Waals surface area contributed by atoms with Crippen molar-refractivity contribution in [1.82, 2.24) is 5.32 Å². The van der Waals surface area contributed by atoms with Gasteiger partial charge in [0, 0.05) is 16.5 Å². The molecule has 0 saturated heterocycles. The van der Waals surface area contributed by atoms with Gasteiger partial charge in [0.1, 0.15) is 0 Å². The molecule has 5 heteroatoms. The van der Waals surface area contributed by atoms with Crippen LogP contribution in [-0.4, -0.2) is 23.8 Å². The Hall–Kier alpha value is -1.49. The number of benzene rings is 2. The molecule has 1 amide bonds. The Bertz CT molecular complexity index is 740. The zero-order valence-electron chi connectivity index (χ0n) is 14.9. The van der Waals surface area contributed by atoms with E-state index in [9.17, 15) is 9.90 Å². The van der Waals surface area contributed by atoms with E-state index in [0.29, 0.717) is 5.02 Å². The minimum absolute atomic E-state index is 0.00268. The molecule has 3 nitrogen and oxygen atoms in total. The van der Waals surface area contributed by atoms with Crippen LogP contribution < -0.4 is 5.32 Å². The molecule has 0 spiro atoms. The lowest BCUT2D eigenvalue weighted by Crippen LogP contribution is -2.44. The Morgan fingerprint density at radius 1 is 1.15 bits per heavy atom. The molecule has 138 valence electrons. The first-order valence-electron chi connectivity index (χ1n) is 8.91. The fourth-order valence-electron chi connectivity index (χ4n) is 3.70. The molecule has 2 aromatic rings. The molecule has 0 heterocycles. The van der Waals surface area contributed by atoms with Gasteiger partial charge in [-0.25, -0.2) is 0 Å². The second kappa shape index (κ2) is 8.47. The van der Waals surface area contributed by atoms with Crippen LogP contribution in [0, 0.1) is 0 Å². The van der Waals surface area contributed by atoms with Gasteiger partial charge >= 0.3 is 0 Å². The number of hydrogen-bond acceptors (Lipinski definition) is 3. The normalized spacial score (nSPS) is 17.0. The molecule has 0 bridgehead atoms. The van der Waals surface area contributed by atoms with E-state index in [1.807, 2.05) is 54.8 Å². The van der Waals surface area contributed by atoms with Crippen LogP contribution in [0.3, 0.4) is 0 Å². The topological polar surface area (TPSA) is 49.3 Å². The second-order valence-electron chi connectivity index (χ2n) is 6.80. The Labute approximate surface area is 164 Å². The van der Waals surface area contributed by atoms with E-state index < -0.39 is 11.5 Å². The summed E-state index contributed by atoms with van der Waals surface area (Å²) in [4.78, 5) is 14.2. The molecule has 1 aliphatic carbocycles. The molecule has 0 aliphatic heterocycles. The van der Waals surface area contributed by atoms with Gasteiger partial charge < -0.3 is 10.4 Å². The molecule has 0 aromatic heterocycles. The third-order valence-corrected chi connectivity index (χ3v) is 6.24. The Morgan fingerprint density at radius 2 is 1.77 bits per heavy atom. The molecule has 2 N–H and O–H groups in total. The third-order valence-electron chi connectivity index (χ3n) is 5.25. The number of aliphatic hydroxyl groups is 1. The summed E-state index contributed by atoms with van der Waals surface area (Å²) in [7, 11) is 0. The molecule has 3 rings (SSSR count). The van der Waals surface area contributed by atoms with Crippen LogP contribution in [0.25, 0.3) is 0 Å². The van der Waals surface area contributed by atoms with Gasteiger partial charge in [-0.05, 0) is 54.5 Å². The summed E-state index contributed by atoms with van der Waals surface area (Å²) in [5, 5.41) is 14.1. The summed E-state index contributed by atoms with van der Waals surface area (Å²) >= 11 is 7.66. The standard InChI is InChI=1S/C21H24ClNO2S/c1-26-18-10-4-15(5-11-18)19(24)14-23-20(25)21(12-2-3-13-21)16-6-8-17(22)9-7-16/h4-11,19,24H,2-3,12-14H2,1H3,(H,23,25). The number of hydrogen-bond donors (Lipinski definition) is 2. The first-order valence-corrected chi connectivity index (χ1v) is 10.5. The summed E-state index contributed by atoms with van der Waals surface area (Å²) in [6.07, 6.45) is 5.05. The van der Waals surface area contributed by atoms with Crippen molar-refractivity contribution >= 4 is 29.3 Å². The summed E-state index contributed by atoms with van der Waals surface area (Å²) in [5.74, 6) is -0.00268. The van der Waals surface area contributed by atoms with Gasteiger partial charge in [-0.15, -0.1) is 11.8 Å². The highest BCUT2D eigenvalue weighted by Crippen LogP contribution is 2.41. The van der Waals surface area contributed by atoms with Gasteiger partial charge in [-0.3, -0.25) is 4.79 Å². The fourth-order valence-corrected chi connectivity index (χ4v) is 4.23. The fraction of sp³-hybridized carbons (Fsp3) is 0.381. The molecule has 0 radical (unpaired) electrons. The maximum Gasteiger partial charge on any atom is 0.230 e. The van der Waals surface area contributed by atoms with Crippen LogP contribution in [0.4, 0.5) is 0 Å². The molecule has 1 fully saturated rings. The number of carbonyl (C=O) groups excluding carboxylic acids is 1. The minimum Gasteiger partial charge on any atom is -0.387 e. The lowest BCUT2D eigenvalue weighted by Gasteiger charge is -2.29. The van der Waals surface area contributed by atoms with Crippen molar-refractivity contribution in [3.8, 4) is 0 Å². The highest BCUT2D eigenvalue weighted by molar-refractivity contribution is 7.98. The van der Waals surface area contributed by atoms with Crippen LogP contribution in [-0.2, 0) is 10.2 Å². The van der Waals surface area contributed by atoms with Gasteiger partial charge in [0.15, 0.2) is 0 Å². The van der Waals surface area contributed by atoms with Gasteiger partial charge in [0.25, 0.3) is 0 Å². The van der Waals surface area contributed by atoms with E-state index in [4.69, 9.17) is 11.6 Å². The monoisotopic (exact) mass is 389 g/mol. The van der Waals surface area contributed by atoms with Crippen LogP contribution in [0.5, 0.6) is 0 Å². The molecule has 26 heavy (non-hydrogen) atoms. The second-order valence-corrected chi connectivity index (χ2v) is 8.11. The van der Waals surface area contributed by atoms with Crippen LogP contribution >= 0.6 is 23.4 Å².